The molecule has 1 saturated heterocycles. The summed E-state index contributed by atoms with van der Waals surface area (Å²) in [4.78, 5) is 4.80. The first-order valence-electron chi connectivity index (χ1n) is 5.95. The molecule has 0 aliphatic carbocycles. The minimum Gasteiger partial charge on any atom is -0.369 e. The van der Waals surface area contributed by atoms with E-state index in [4.69, 9.17) is 0 Å². The molecule has 1 aliphatic heterocycles. The standard InChI is InChI=1S/C14H24N2/c1-12(2)6-7-14(13(3)4)16-10-8-15(5)9-11-16/h6-7H,3,8-11H2,1-2,4-5H3/b14-7+. The van der Waals surface area contributed by atoms with E-state index < -0.39 is 0 Å². The summed E-state index contributed by atoms with van der Waals surface area (Å²) in [6.45, 7) is 14.9. The minimum atomic E-state index is 1.10. The quantitative estimate of drug-likeness (QED) is 0.675. The van der Waals surface area contributed by atoms with Crippen LogP contribution in [0.3, 0.4) is 0 Å². The number of allylic oxidation sites excluding steroid dienone is 4. The van der Waals surface area contributed by atoms with Gasteiger partial charge in [-0.25, -0.2) is 0 Å². The molecule has 0 radical (unpaired) electrons. The van der Waals surface area contributed by atoms with Gasteiger partial charge >= 0.3 is 0 Å². The maximum Gasteiger partial charge on any atom is 0.0390 e. The number of hydrogen-bond acceptors (Lipinski definition) is 2. The van der Waals surface area contributed by atoms with Crippen molar-refractivity contribution in [2.24, 2.45) is 0 Å². The van der Waals surface area contributed by atoms with Gasteiger partial charge in [-0.3, -0.25) is 0 Å². The second kappa shape index (κ2) is 5.90. The van der Waals surface area contributed by atoms with E-state index in [1.165, 1.54) is 11.3 Å². The fourth-order valence-electron chi connectivity index (χ4n) is 1.81. The van der Waals surface area contributed by atoms with Crippen LogP contribution >= 0.6 is 0 Å². The van der Waals surface area contributed by atoms with E-state index in [0.29, 0.717) is 0 Å². The van der Waals surface area contributed by atoms with Crippen molar-refractivity contribution in [1.29, 1.82) is 0 Å². The van der Waals surface area contributed by atoms with Crippen molar-refractivity contribution in [1.82, 2.24) is 9.80 Å². The molecule has 0 N–H and O–H groups in total. The molecule has 0 atom stereocenters. The van der Waals surface area contributed by atoms with E-state index in [-0.39, 0.29) is 0 Å². The fraction of sp³-hybridized carbons (Fsp3) is 0.571. The highest BCUT2D eigenvalue weighted by atomic mass is 15.2. The number of rotatable bonds is 3. The lowest BCUT2D eigenvalue weighted by atomic mass is 10.1. The maximum atomic E-state index is 4.07. The molecule has 1 rings (SSSR count). The van der Waals surface area contributed by atoms with Crippen LogP contribution in [0.4, 0.5) is 0 Å². The van der Waals surface area contributed by atoms with E-state index in [1.807, 2.05) is 0 Å². The Morgan fingerprint density at radius 3 is 2.00 bits per heavy atom. The van der Waals surface area contributed by atoms with Gasteiger partial charge in [0, 0.05) is 31.9 Å². The fourth-order valence-corrected chi connectivity index (χ4v) is 1.81. The summed E-state index contributed by atoms with van der Waals surface area (Å²) in [5.41, 5.74) is 3.77. The third-order valence-electron chi connectivity index (χ3n) is 2.86. The Morgan fingerprint density at radius 2 is 1.56 bits per heavy atom. The van der Waals surface area contributed by atoms with Crippen LogP contribution in [0.2, 0.25) is 0 Å². The molecule has 2 nitrogen and oxygen atoms in total. The van der Waals surface area contributed by atoms with Gasteiger partial charge in [-0.1, -0.05) is 18.2 Å². The van der Waals surface area contributed by atoms with Gasteiger partial charge in [-0.05, 0) is 39.5 Å². The minimum absolute atomic E-state index is 1.10. The highest BCUT2D eigenvalue weighted by Gasteiger charge is 2.15. The highest BCUT2D eigenvalue weighted by molar-refractivity contribution is 5.30. The molecule has 1 fully saturated rings. The largest absolute Gasteiger partial charge is 0.369 e. The van der Waals surface area contributed by atoms with E-state index in [9.17, 15) is 0 Å². The topological polar surface area (TPSA) is 6.48 Å². The highest BCUT2D eigenvalue weighted by Crippen LogP contribution is 2.16. The van der Waals surface area contributed by atoms with Crippen LogP contribution in [0, 0.1) is 0 Å². The van der Waals surface area contributed by atoms with Gasteiger partial charge in [0.1, 0.15) is 0 Å². The molecule has 90 valence electrons. The van der Waals surface area contributed by atoms with E-state index >= 15 is 0 Å². The first kappa shape index (κ1) is 13.0. The molecule has 0 unspecified atom stereocenters. The molecule has 0 aromatic heterocycles. The van der Waals surface area contributed by atoms with Crippen molar-refractivity contribution in [3.05, 3.63) is 35.6 Å². The van der Waals surface area contributed by atoms with Crippen molar-refractivity contribution >= 4 is 0 Å². The summed E-state index contributed by atoms with van der Waals surface area (Å²) in [6, 6.07) is 0. The smallest absolute Gasteiger partial charge is 0.0390 e. The van der Waals surface area contributed by atoms with Gasteiger partial charge in [0.05, 0.1) is 0 Å². The van der Waals surface area contributed by atoms with Crippen LogP contribution in [-0.4, -0.2) is 43.0 Å². The predicted octanol–water partition coefficient (Wildman–Crippen LogP) is 2.66. The number of nitrogens with zero attached hydrogens (tertiary/aromatic N) is 2. The summed E-state index contributed by atoms with van der Waals surface area (Å²) in [5.74, 6) is 0. The zero-order valence-corrected chi connectivity index (χ0v) is 11.1. The lowest BCUT2D eigenvalue weighted by molar-refractivity contribution is 0.189. The van der Waals surface area contributed by atoms with Crippen LogP contribution in [0.5, 0.6) is 0 Å². The Balaban J connectivity index is 2.75. The molecular formula is C14H24N2. The van der Waals surface area contributed by atoms with Crippen LogP contribution in [-0.2, 0) is 0 Å². The molecule has 16 heavy (non-hydrogen) atoms. The second-order valence-electron chi connectivity index (χ2n) is 4.87. The number of likely N-dealkylation sites (N-methyl/N-ethyl adjacent to an activating group) is 1. The molecule has 0 saturated carbocycles. The first-order valence-corrected chi connectivity index (χ1v) is 5.95. The summed E-state index contributed by atoms with van der Waals surface area (Å²) in [7, 11) is 2.18. The average molecular weight is 220 g/mol. The van der Waals surface area contributed by atoms with Crippen LogP contribution in [0.15, 0.2) is 35.6 Å². The Kier molecular flexibility index (Phi) is 4.81. The normalized spacial score (nSPS) is 18.5. The van der Waals surface area contributed by atoms with Crippen LogP contribution < -0.4 is 0 Å². The monoisotopic (exact) mass is 220 g/mol. The first-order chi connectivity index (χ1) is 7.50. The lowest BCUT2D eigenvalue weighted by Gasteiger charge is -2.35. The summed E-state index contributed by atoms with van der Waals surface area (Å²) >= 11 is 0. The summed E-state index contributed by atoms with van der Waals surface area (Å²) in [5, 5.41) is 0. The Hall–Kier alpha value is -1.02. The molecule has 0 aromatic rings. The lowest BCUT2D eigenvalue weighted by Crippen LogP contribution is -2.43. The van der Waals surface area contributed by atoms with Gasteiger partial charge in [0.15, 0.2) is 0 Å². The number of piperazine rings is 1. The Labute approximate surface area is 99.9 Å². The van der Waals surface area contributed by atoms with Crippen LogP contribution in [0.25, 0.3) is 0 Å². The SMILES string of the molecule is C=C(C)/C(=C\C=C(C)C)N1CCN(C)CC1. The van der Waals surface area contributed by atoms with Gasteiger partial charge < -0.3 is 9.80 Å². The molecule has 2 heteroatoms. The van der Waals surface area contributed by atoms with Gasteiger partial charge in [0.2, 0.25) is 0 Å². The Morgan fingerprint density at radius 1 is 1.00 bits per heavy atom. The van der Waals surface area contributed by atoms with E-state index in [1.54, 1.807) is 0 Å². The zero-order valence-electron chi connectivity index (χ0n) is 11.1. The number of hydrogen-bond donors (Lipinski definition) is 0. The maximum absolute atomic E-state index is 4.07. The molecule has 1 heterocycles. The predicted molar refractivity (Wildman–Crippen MR) is 71.4 cm³/mol. The third-order valence-corrected chi connectivity index (χ3v) is 2.86. The van der Waals surface area contributed by atoms with Crippen molar-refractivity contribution in [3.8, 4) is 0 Å². The molecule has 0 spiro atoms. The summed E-state index contributed by atoms with van der Waals surface area (Å²) < 4.78 is 0. The average Bonchev–Trinajstić information content (AvgIpc) is 2.20. The molecule has 1 aliphatic rings. The summed E-state index contributed by atoms with van der Waals surface area (Å²) in [6.07, 6.45) is 4.37. The van der Waals surface area contributed by atoms with Crippen molar-refractivity contribution in [2.75, 3.05) is 33.2 Å². The van der Waals surface area contributed by atoms with E-state index in [0.717, 1.165) is 31.8 Å². The molecule has 0 amide bonds. The van der Waals surface area contributed by atoms with Crippen molar-refractivity contribution in [2.45, 2.75) is 20.8 Å². The van der Waals surface area contributed by atoms with Crippen molar-refractivity contribution in [3.63, 3.8) is 0 Å². The molecule has 0 bridgehead atoms. The van der Waals surface area contributed by atoms with E-state index in [2.05, 4.69) is 56.3 Å². The molecular weight excluding hydrogens is 196 g/mol. The van der Waals surface area contributed by atoms with Gasteiger partial charge in [-0.15, -0.1) is 0 Å². The zero-order chi connectivity index (χ0) is 12.1. The second-order valence-corrected chi connectivity index (χ2v) is 4.87. The Bertz CT molecular complexity index is 301. The van der Waals surface area contributed by atoms with Gasteiger partial charge in [-0.2, -0.15) is 0 Å². The van der Waals surface area contributed by atoms with Crippen molar-refractivity contribution < 1.29 is 0 Å². The van der Waals surface area contributed by atoms with Gasteiger partial charge in [0.25, 0.3) is 0 Å². The van der Waals surface area contributed by atoms with Crippen LogP contribution in [0.1, 0.15) is 20.8 Å². The molecule has 0 aromatic carbocycles. The third kappa shape index (κ3) is 3.86.